The highest BCUT2D eigenvalue weighted by molar-refractivity contribution is 5.75. The van der Waals surface area contributed by atoms with E-state index in [0.29, 0.717) is 6.42 Å². The molecule has 20 heavy (non-hydrogen) atoms. The lowest BCUT2D eigenvalue weighted by Gasteiger charge is -2.22. The van der Waals surface area contributed by atoms with E-state index in [1.54, 1.807) is 6.92 Å². The smallest absolute Gasteiger partial charge is 0.317 e. The standard InChI is InChI=1S/C14H26N2O4/c1-3-4-5-6-7-8-13(18)15-11-16(9-12(2)17)10-14(19)20/h3,12,17H,1,4-11H2,2H3,(H,15,18)(H,19,20). The van der Waals surface area contributed by atoms with Gasteiger partial charge in [-0.2, -0.15) is 0 Å². The van der Waals surface area contributed by atoms with Gasteiger partial charge in [0.2, 0.25) is 5.91 Å². The van der Waals surface area contributed by atoms with Crippen molar-refractivity contribution in [2.45, 2.75) is 45.1 Å². The lowest BCUT2D eigenvalue weighted by atomic mass is 10.1. The highest BCUT2D eigenvalue weighted by Gasteiger charge is 2.12. The van der Waals surface area contributed by atoms with Crippen molar-refractivity contribution in [2.24, 2.45) is 0 Å². The van der Waals surface area contributed by atoms with Crippen LogP contribution in [-0.4, -0.2) is 52.9 Å². The molecule has 0 aromatic heterocycles. The van der Waals surface area contributed by atoms with Gasteiger partial charge in [-0.05, 0) is 26.2 Å². The molecule has 6 nitrogen and oxygen atoms in total. The Labute approximate surface area is 120 Å². The molecule has 0 aliphatic heterocycles. The number of hydrogen-bond acceptors (Lipinski definition) is 4. The third kappa shape index (κ3) is 11.7. The van der Waals surface area contributed by atoms with Crippen molar-refractivity contribution >= 4 is 11.9 Å². The summed E-state index contributed by atoms with van der Waals surface area (Å²) in [4.78, 5) is 23.7. The number of aliphatic carboxylic acids is 1. The third-order valence-corrected chi connectivity index (χ3v) is 2.69. The quantitative estimate of drug-likeness (QED) is 0.282. The first-order valence-electron chi connectivity index (χ1n) is 6.95. The van der Waals surface area contributed by atoms with Gasteiger partial charge in [0.15, 0.2) is 0 Å². The van der Waals surface area contributed by atoms with Crippen molar-refractivity contribution in [1.29, 1.82) is 0 Å². The molecule has 0 saturated carbocycles. The van der Waals surface area contributed by atoms with Crippen molar-refractivity contribution in [3.8, 4) is 0 Å². The van der Waals surface area contributed by atoms with Gasteiger partial charge in [-0.25, -0.2) is 0 Å². The van der Waals surface area contributed by atoms with Crippen molar-refractivity contribution in [3.63, 3.8) is 0 Å². The van der Waals surface area contributed by atoms with Crippen LogP contribution in [0.25, 0.3) is 0 Å². The first-order chi connectivity index (χ1) is 9.45. The van der Waals surface area contributed by atoms with Gasteiger partial charge in [0.25, 0.3) is 0 Å². The second-order valence-corrected chi connectivity index (χ2v) is 4.90. The number of carbonyl (C=O) groups excluding carboxylic acids is 1. The fourth-order valence-electron chi connectivity index (χ4n) is 1.79. The Bertz CT molecular complexity index is 306. The summed E-state index contributed by atoms with van der Waals surface area (Å²) in [5.74, 6) is -1.08. The summed E-state index contributed by atoms with van der Waals surface area (Å²) in [7, 11) is 0. The number of unbranched alkanes of at least 4 members (excludes halogenated alkanes) is 3. The van der Waals surface area contributed by atoms with Crippen molar-refractivity contribution in [3.05, 3.63) is 12.7 Å². The zero-order valence-electron chi connectivity index (χ0n) is 12.2. The van der Waals surface area contributed by atoms with E-state index in [2.05, 4.69) is 11.9 Å². The molecule has 1 amide bonds. The largest absolute Gasteiger partial charge is 0.480 e. The second-order valence-electron chi connectivity index (χ2n) is 4.90. The van der Waals surface area contributed by atoms with Crippen LogP contribution in [0.3, 0.4) is 0 Å². The molecule has 6 heteroatoms. The molecule has 0 aromatic carbocycles. The van der Waals surface area contributed by atoms with E-state index in [1.165, 1.54) is 4.90 Å². The van der Waals surface area contributed by atoms with E-state index in [9.17, 15) is 14.7 Å². The number of nitrogens with one attached hydrogen (secondary N) is 1. The molecule has 0 rings (SSSR count). The molecule has 0 bridgehead atoms. The monoisotopic (exact) mass is 286 g/mol. The Kier molecular flexibility index (Phi) is 10.6. The van der Waals surface area contributed by atoms with E-state index in [0.717, 1.165) is 25.7 Å². The molecule has 1 unspecified atom stereocenters. The predicted octanol–water partition coefficient (Wildman–Crippen LogP) is 0.964. The molecule has 3 N–H and O–H groups in total. The maximum Gasteiger partial charge on any atom is 0.317 e. The number of aliphatic hydroxyl groups is 1. The number of carboxylic acid groups (broad SMARTS) is 1. The molecular weight excluding hydrogens is 260 g/mol. The summed E-state index contributed by atoms with van der Waals surface area (Å²) < 4.78 is 0. The van der Waals surface area contributed by atoms with Gasteiger partial charge in [-0.15, -0.1) is 6.58 Å². The number of carbonyl (C=O) groups is 2. The molecular formula is C14H26N2O4. The van der Waals surface area contributed by atoms with Gasteiger partial charge in [-0.1, -0.05) is 12.5 Å². The number of amides is 1. The highest BCUT2D eigenvalue weighted by Crippen LogP contribution is 2.03. The maximum atomic E-state index is 11.6. The van der Waals surface area contributed by atoms with Crippen LogP contribution < -0.4 is 5.32 Å². The number of nitrogens with zero attached hydrogens (tertiary/aromatic N) is 1. The molecule has 0 aliphatic carbocycles. The minimum atomic E-state index is -0.982. The van der Waals surface area contributed by atoms with E-state index >= 15 is 0 Å². The van der Waals surface area contributed by atoms with Crippen LogP contribution in [0.1, 0.15) is 39.0 Å². The van der Waals surface area contributed by atoms with Gasteiger partial charge in [-0.3, -0.25) is 14.5 Å². The van der Waals surface area contributed by atoms with Crippen LogP contribution in [-0.2, 0) is 9.59 Å². The highest BCUT2D eigenvalue weighted by atomic mass is 16.4. The first kappa shape index (κ1) is 18.6. The minimum absolute atomic E-state index is 0.0930. The average Bonchev–Trinajstić information content (AvgIpc) is 2.34. The molecule has 0 aliphatic rings. The molecule has 0 spiro atoms. The number of aliphatic hydroxyl groups excluding tert-OH is 1. The molecule has 0 radical (unpaired) electrons. The van der Waals surface area contributed by atoms with Crippen molar-refractivity contribution in [2.75, 3.05) is 19.8 Å². The van der Waals surface area contributed by atoms with Gasteiger partial charge in [0.1, 0.15) is 0 Å². The first-order valence-corrected chi connectivity index (χ1v) is 6.95. The van der Waals surface area contributed by atoms with Gasteiger partial charge in [0.05, 0.1) is 19.3 Å². The predicted molar refractivity (Wildman–Crippen MR) is 77.2 cm³/mol. The Morgan fingerprint density at radius 1 is 1.35 bits per heavy atom. The summed E-state index contributed by atoms with van der Waals surface area (Å²) in [5, 5.41) is 20.7. The maximum absolute atomic E-state index is 11.6. The molecule has 116 valence electrons. The Balaban J connectivity index is 3.85. The Morgan fingerprint density at radius 3 is 2.60 bits per heavy atom. The zero-order valence-corrected chi connectivity index (χ0v) is 12.2. The van der Waals surface area contributed by atoms with Gasteiger partial charge >= 0.3 is 5.97 Å². The van der Waals surface area contributed by atoms with Gasteiger partial charge in [0, 0.05) is 13.0 Å². The van der Waals surface area contributed by atoms with Crippen molar-refractivity contribution < 1.29 is 19.8 Å². The fourth-order valence-corrected chi connectivity index (χ4v) is 1.79. The summed E-state index contributed by atoms with van der Waals surface area (Å²) in [6, 6.07) is 0. The Morgan fingerprint density at radius 2 is 2.05 bits per heavy atom. The van der Waals surface area contributed by atoms with Crippen LogP contribution in [0.15, 0.2) is 12.7 Å². The molecule has 0 heterocycles. The third-order valence-electron chi connectivity index (χ3n) is 2.69. The minimum Gasteiger partial charge on any atom is -0.480 e. The summed E-state index contributed by atoms with van der Waals surface area (Å²) in [6.07, 6.45) is 5.45. The van der Waals surface area contributed by atoms with Crippen LogP contribution in [0.4, 0.5) is 0 Å². The molecule has 0 fully saturated rings. The molecule has 1 atom stereocenters. The van der Waals surface area contributed by atoms with Crippen LogP contribution in [0.2, 0.25) is 0 Å². The van der Waals surface area contributed by atoms with E-state index in [-0.39, 0.29) is 25.7 Å². The number of hydrogen-bond donors (Lipinski definition) is 3. The Hall–Kier alpha value is -1.40. The van der Waals surface area contributed by atoms with Crippen molar-refractivity contribution in [1.82, 2.24) is 10.2 Å². The topological polar surface area (TPSA) is 89.9 Å². The van der Waals surface area contributed by atoms with E-state index in [4.69, 9.17) is 5.11 Å². The molecule has 0 aromatic rings. The van der Waals surface area contributed by atoms with E-state index in [1.807, 2.05) is 6.08 Å². The van der Waals surface area contributed by atoms with Crippen LogP contribution in [0, 0.1) is 0 Å². The lowest BCUT2D eigenvalue weighted by Crippen LogP contribution is -2.43. The number of allylic oxidation sites excluding steroid dienone is 1. The van der Waals surface area contributed by atoms with Crippen LogP contribution in [0.5, 0.6) is 0 Å². The summed E-state index contributed by atoms with van der Waals surface area (Å²) in [6.45, 7) is 5.37. The number of carboxylic acids is 1. The second kappa shape index (κ2) is 11.4. The van der Waals surface area contributed by atoms with Crippen LogP contribution >= 0.6 is 0 Å². The average molecular weight is 286 g/mol. The number of rotatable bonds is 12. The fraction of sp³-hybridized carbons (Fsp3) is 0.714. The molecule has 0 saturated heterocycles. The normalized spacial score (nSPS) is 12.2. The zero-order chi connectivity index (χ0) is 15.4. The van der Waals surface area contributed by atoms with E-state index < -0.39 is 12.1 Å². The lowest BCUT2D eigenvalue weighted by molar-refractivity contribution is -0.139. The van der Waals surface area contributed by atoms with Gasteiger partial charge < -0.3 is 15.5 Å². The summed E-state index contributed by atoms with van der Waals surface area (Å²) >= 11 is 0. The SMILES string of the molecule is C=CCCCCCC(=O)NCN(CC(=O)O)CC(C)O. The summed E-state index contributed by atoms with van der Waals surface area (Å²) in [5.41, 5.74) is 0.